The van der Waals surface area contributed by atoms with Crippen LogP contribution >= 0.6 is 22.7 Å². The second kappa shape index (κ2) is 9.64. The van der Waals surface area contributed by atoms with E-state index < -0.39 is 24.5 Å². The number of carbonyl (C=O) groups excluding carboxylic acids is 3. The molecule has 7 nitrogen and oxygen atoms in total. The molecule has 1 amide bonds. The summed E-state index contributed by atoms with van der Waals surface area (Å²) in [4.78, 5) is 40.9. The molecule has 1 N–H and O–H groups in total. The third-order valence-corrected chi connectivity index (χ3v) is 6.01. The number of benzene rings is 1. The summed E-state index contributed by atoms with van der Waals surface area (Å²) < 4.78 is 10.0. The van der Waals surface area contributed by atoms with Crippen LogP contribution in [0.4, 0.5) is 5.00 Å². The Balaban J connectivity index is 1.55. The highest BCUT2D eigenvalue weighted by Crippen LogP contribution is 2.27. The van der Waals surface area contributed by atoms with E-state index in [1.807, 2.05) is 31.2 Å². The lowest BCUT2D eigenvalue weighted by molar-refractivity contribution is -0.119. The molecule has 0 saturated carbocycles. The van der Waals surface area contributed by atoms with Gasteiger partial charge in [-0.05, 0) is 32.4 Å². The Morgan fingerprint density at radius 3 is 2.50 bits per heavy atom. The third kappa shape index (κ3) is 5.31. The first-order valence-corrected chi connectivity index (χ1v) is 10.8. The number of hydrogen-bond donors (Lipinski definition) is 1. The van der Waals surface area contributed by atoms with Gasteiger partial charge in [-0.25, -0.2) is 14.6 Å². The average molecular weight is 445 g/mol. The van der Waals surface area contributed by atoms with Crippen molar-refractivity contribution >= 4 is 45.5 Å². The van der Waals surface area contributed by atoms with Crippen molar-refractivity contribution in [2.24, 2.45) is 0 Å². The molecular weight excluding hydrogens is 424 g/mol. The van der Waals surface area contributed by atoms with Gasteiger partial charge in [0.05, 0.1) is 11.6 Å². The Morgan fingerprint density at radius 1 is 1.07 bits per heavy atom. The maximum absolute atomic E-state index is 12.2. The Bertz CT molecular complexity index is 1070. The minimum Gasteiger partial charge on any atom is -0.462 e. The molecule has 0 aliphatic rings. The largest absolute Gasteiger partial charge is 0.462 e. The molecule has 0 radical (unpaired) electrons. The zero-order valence-electron chi connectivity index (χ0n) is 16.7. The predicted octanol–water partition coefficient (Wildman–Crippen LogP) is 4.46. The Kier molecular flexibility index (Phi) is 6.96. The molecule has 0 atom stereocenters. The van der Waals surface area contributed by atoms with E-state index >= 15 is 0 Å². The lowest BCUT2D eigenvalue weighted by atomic mass is 10.2. The molecule has 30 heavy (non-hydrogen) atoms. The molecule has 0 bridgehead atoms. The lowest BCUT2D eigenvalue weighted by Gasteiger charge is -2.03. The maximum atomic E-state index is 12.2. The Morgan fingerprint density at radius 2 is 1.80 bits per heavy atom. The number of nitrogens with one attached hydrogen (secondary N) is 1. The van der Waals surface area contributed by atoms with Gasteiger partial charge in [-0.15, -0.1) is 22.7 Å². The minimum atomic E-state index is -0.672. The first-order valence-electron chi connectivity index (χ1n) is 9.14. The molecule has 3 rings (SSSR count). The van der Waals surface area contributed by atoms with E-state index in [0.29, 0.717) is 20.4 Å². The predicted molar refractivity (Wildman–Crippen MR) is 116 cm³/mol. The quantitative estimate of drug-likeness (QED) is 0.541. The number of amides is 1. The molecule has 2 heterocycles. The smallest absolute Gasteiger partial charge is 0.358 e. The van der Waals surface area contributed by atoms with E-state index in [9.17, 15) is 14.4 Å². The highest BCUT2D eigenvalue weighted by molar-refractivity contribution is 7.18. The summed E-state index contributed by atoms with van der Waals surface area (Å²) in [7, 11) is 0. The van der Waals surface area contributed by atoms with Crippen LogP contribution < -0.4 is 5.32 Å². The van der Waals surface area contributed by atoms with E-state index in [1.54, 1.807) is 25.3 Å². The summed E-state index contributed by atoms with van der Waals surface area (Å²) in [5.74, 6) is -1.61. The Labute approximate surface area is 181 Å². The second-order valence-electron chi connectivity index (χ2n) is 6.37. The van der Waals surface area contributed by atoms with Crippen LogP contribution in [0.15, 0.2) is 35.7 Å². The summed E-state index contributed by atoms with van der Waals surface area (Å²) in [5.41, 5.74) is 2.90. The number of rotatable bonds is 7. The van der Waals surface area contributed by atoms with Crippen molar-refractivity contribution in [3.8, 4) is 10.6 Å². The highest BCUT2D eigenvalue weighted by atomic mass is 32.1. The zero-order valence-corrected chi connectivity index (χ0v) is 18.3. The number of carbonyl (C=O) groups is 3. The molecule has 0 aliphatic heterocycles. The van der Waals surface area contributed by atoms with E-state index in [0.717, 1.165) is 22.5 Å². The van der Waals surface area contributed by atoms with Crippen LogP contribution in [0.25, 0.3) is 10.6 Å². The fraction of sp³-hybridized carbons (Fsp3) is 0.238. The van der Waals surface area contributed by atoms with Crippen molar-refractivity contribution in [3.63, 3.8) is 0 Å². The van der Waals surface area contributed by atoms with Gasteiger partial charge < -0.3 is 14.8 Å². The molecular formula is C21H20N2O5S2. The van der Waals surface area contributed by atoms with Crippen LogP contribution in [-0.2, 0) is 14.3 Å². The van der Waals surface area contributed by atoms with Crippen molar-refractivity contribution in [2.75, 3.05) is 18.5 Å². The van der Waals surface area contributed by atoms with Gasteiger partial charge in [-0.1, -0.05) is 29.8 Å². The van der Waals surface area contributed by atoms with Gasteiger partial charge in [0, 0.05) is 10.9 Å². The molecule has 3 aromatic rings. The fourth-order valence-electron chi connectivity index (χ4n) is 2.52. The number of ether oxygens (including phenoxy) is 2. The van der Waals surface area contributed by atoms with Gasteiger partial charge in [0.2, 0.25) is 0 Å². The van der Waals surface area contributed by atoms with E-state index in [1.165, 1.54) is 11.3 Å². The summed E-state index contributed by atoms with van der Waals surface area (Å²) in [5, 5.41) is 5.40. The molecule has 156 valence electrons. The number of thiazole rings is 1. The number of aromatic nitrogens is 1. The topological polar surface area (TPSA) is 94.6 Å². The van der Waals surface area contributed by atoms with Crippen LogP contribution in [0.2, 0.25) is 0 Å². The first kappa shape index (κ1) is 21.7. The molecule has 0 fully saturated rings. The zero-order chi connectivity index (χ0) is 21.7. The first-order chi connectivity index (χ1) is 14.4. The van der Waals surface area contributed by atoms with Crippen molar-refractivity contribution in [2.45, 2.75) is 20.8 Å². The van der Waals surface area contributed by atoms with Crippen molar-refractivity contribution in [1.82, 2.24) is 4.98 Å². The third-order valence-electron chi connectivity index (χ3n) is 3.99. The number of nitrogens with zero attached hydrogens (tertiary/aromatic N) is 1. The standard InChI is InChI=1S/C21H20N2O5S2/c1-4-27-21(26)18-13(3)9-17(30-18)23-16(24)10-28-20(25)15-11-29-19(22-15)14-7-5-12(2)6-8-14/h5-9,11H,4,10H2,1-3H3,(H,23,24). The number of hydrogen-bond acceptors (Lipinski definition) is 8. The van der Waals surface area contributed by atoms with Gasteiger partial charge in [0.1, 0.15) is 9.88 Å². The van der Waals surface area contributed by atoms with E-state index in [-0.39, 0.29) is 12.3 Å². The summed E-state index contributed by atoms with van der Waals surface area (Å²) >= 11 is 2.44. The minimum absolute atomic E-state index is 0.153. The normalized spacial score (nSPS) is 10.5. The van der Waals surface area contributed by atoms with Gasteiger partial charge in [0.25, 0.3) is 5.91 Å². The van der Waals surface area contributed by atoms with Crippen LogP contribution in [0.3, 0.4) is 0 Å². The van der Waals surface area contributed by atoms with Crippen molar-refractivity contribution in [3.05, 3.63) is 57.4 Å². The van der Waals surface area contributed by atoms with Crippen molar-refractivity contribution < 1.29 is 23.9 Å². The highest BCUT2D eigenvalue weighted by Gasteiger charge is 2.18. The Hall–Kier alpha value is -3.04. The van der Waals surface area contributed by atoms with Crippen LogP contribution in [-0.4, -0.2) is 36.0 Å². The molecule has 9 heteroatoms. The lowest BCUT2D eigenvalue weighted by Crippen LogP contribution is -2.20. The van der Waals surface area contributed by atoms with Crippen LogP contribution in [0, 0.1) is 13.8 Å². The molecule has 0 aliphatic carbocycles. The average Bonchev–Trinajstić information content (AvgIpc) is 3.34. The van der Waals surface area contributed by atoms with E-state index in [2.05, 4.69) is 10.3 Å². The number of esters is 2. The summed E-state index contributed by atoms with van der Waals surface area (Å²) in [6.07, 6.45) is 0. The van der Waals surface area contributed by atoms with Gasteiger partial charge >= 0.3 is 11.9 Å². The second-order valence-corrected chi connectivity index (χ2v) is 8.28. The summed E-state index contributed by atoms with van der Waals surface area (Å²) in [6.45, 7) is 5.29. The molecule has 0 unspecified atom stereocenters. The van der Waals surface area contributed by atoms with Gasteiger partial charge in [-0.2, -0.15) is 0 Å². The van der Waals surface area contributed by atoms with Crippen molar-refractivity contribution in [1.29, 1.82) is 0 Å². The molecule has 0 saturated heterocycles. The number of thiophene rings is 1. The van der Waals surface area contributed by atoms with Crippen LogP contribution in [0.1, 0.15) is 38.2 Å². The maximum Gasteiger partial charge on any atom is 0.358 e. The summed E-state index contributed by atoms with van der Waals surface area (Å²) in [6, 6.07) is 9.48. The fourth-order valence-corrected chi connectivity index (χ4v) is 4.30. The van der Waals surface area contributed by atoms with Gasteiger partial charge in [0.15, 0.2) is 12.3 Å². The van der Waals surface area contributed by atoms with Gasteiger partial charge in [-0.3, -0.25) is 4.79 Å². The molecule has 2 aromatic heterocycles. The van der Waals surface area contributed by atoms with E-state index in [4.69, 9.17) is 9.47 Å². The number of aryl methyl sites for hydroxylation is 2. The monoisotopic (exact) mass is 444 g/mol. The number of anilines is 1. The molecule has 1 aromatic carbocycles. The SMILES string of the molecule is CCOC(=O)c1sc(NC(=O)COC(=O)c2csc(-c3ccc(C)cc3)n2)cc1C. The van der Waals surface area contributed by atoms with Crippen LogP contribution in [0.5, 0.6) is 0 Å². The molecule has 0 spiro atoms.